The van der Waals surface area contributed by atoms with Gasteiger partial charge in [-0.2, -0.15) is 0 Å². The fourth-order valence-electron chi connectivity index (χ4n) is 2.29. The maximum absolute atomic E-state index is 11.7. The van der Waals surface area contributed by atoms with E-state index in [4.69, 9.17) is 37.9 Å². The third kappa shape index (κ3) is 4.68. The highest BCUT2D eigenvalue weighted by Gasteiger charge is 2.19. The highest BCUT2D eigenvalue weighted by atomic mass is 35.5. The summed E-state index contributed by atoms with van der Waals surface area (Å²) in [4.78, 5) is 23.6. The number of carbonyl (C=O) groups excluding carboxylic acids is 2. The average molecular weight is 442 g/mol. The zero-order chi connectivity index (χ0) is 19.6. The van der Waals surface area contributed by atoms with Crippen molar-refractivity contribution in [1.29, 1.82) is 0 Å². The Bertz CT molecular complexity index is 1040. The maximum Gasteiger partial charge on any atom is 0.315 e. The predicted octanol–water partition coefficient (Wildman–Crippen LogP) is 5.46. The Morgan fingerprint density at radius 1 is 1.19 bits per heavy atom. The van der Waals surface area contributed by atoms with E-state index in [-0.39, 0.29) is 6.61 Å². The van der Waals surface area contributed by atoms with Gasteiger partial charge in [-0.25, -0.2) is 0 Å². The van der Waals surface area contributed by atoms with Crippen LogP contribution in [-0.2, 0) is 15.6 Å². The highest BCUT2D eigenvalue weighted by molar-refractivity contribution is 7.95. The fraction of sp³-hybridized carbons (Fsp3) is 0.111. The molecule has 0 saturated heterocycles. The molecular weight excluding hydrogens is 429 g/mol. The Morgan fingerprint density at radius 2 is 1.96 bits per heavy atom. The molecule has 0 radical (unpaired) electrons. The van der Waals surface area contributed by atoms with E-state index in [0.717, 1.165) is 27.7 Å². The van der Waals surface area contributed by atoms with Gasteiger partial charge in [-0.1, -0.05) is 29.3 Å². The minimum Gasteiger partial charge on any atom is -0.489 e. The van der Waals surface area contributed by atoms with Crippen LogP contribution in [0.1, 0.15) is 22.2 Å². The van der Waals surface area contributed by atoms with Gasteiger partial charge in [0.2, 0.25) is 0 Å². The largest absolute Gasteiger partial charge is 0.489 e. The van der Waals surface area contributed by atoms with E-state index < -0.39 is 11.9 Å². The minimum absolute atomic E-state index is 0.268. The van der Waals surface area contributed by atoms with Gasteiger partial charge in [-0.3, -0.25) is 9.59 Å². The van der Waals surface area contributed by atoms with E-state index in [1.807, 2.05) is 0 Å². The third-order valence-corrected chi connectivity index (χ3v) is 6.28. The lowest BCUT2D eigenvalue weighted by molar-refractivity contribution is -0.130. The molecule has 9 heteroatoms. The molecule has 2 aromatic carbocycles. The first-order valence-corrected chi connectivity index (χ1v) is 9.94. The van der Waals surface area contributed by atoms with E-state index >= 15 is 0 Å². The van der Waals surface area contributed by atoms with Gasteiger partial charge in [0.15, 0.2) is 0 Å². The van der Waals surface area contributed by atoms with Crippen LogP contribution in [0.4, 0.5) is 0 Å². The molecule has 2 N–H and O–H groups in total. The second-order valence-electron chi connectivity index (χ2n) is 5.47. The van der Waals surface area contributed by atoms with Crippen molar-refractivity contribution in [1.82, 2.24) is 0 Å². The second kappa shape index (κ2) is 8.39. The molecule has 0 aliphatic rings. The van der Waals surface area contributed by atoms with Crippen LogP contribution in [0.5, 0.6) is 5.75 Å². The van der Waals surface area contributed by atoms with Gasteiger partial charge >= 0.3 is 5.97 Å². The summed E-state index contributed by atoms with van der Waals surface area (Å²) in [6, 6.07) is 10.6. The lowest BCUT2D eigenvalue weighted by Gasteiger charge is -2.08. The number of ether oxygens (including phenoxy) is 1. The summed E-state index contributed by atoms with van der Waals surface area (Å²) in [5, 5.41) is 1.84. The number of benzene rings is 2. The first-order valence-electron chi connectivity index (χ1n) is 7.63. The van der Waals surface area contributed by atoms with E-state index in [1.165, 1.54) is 18.3 Å². The minimum atomic E-state index is -0.582. The van der Waals surface area contributed by atoms with Crippen molar-refractivity contribution in [3.05, 3.63) is 56.9 Å². The van der Waals surface area contributed by atoms with Gasteiger partial charge in [-0.15, -0.1) is 11.3 Å². The van der Waals surface area contributed by atoms with Crippen LogP contribution < -0.4 is 10.5 Å². The topological polar surface area (TPSA) is 78.6 Å². The van der Waals surface area contributed by atoms with Crippen molar-refractivity contribution >= 4 is 68.5 Å². The van der Waals surface area contributed by atoms with Crippen LogP contribution in [0.3, 0.4) is 0 Å². The molecule has 140 valence electrons. The predicted molar refractivity (Wildman–Crippen MR) is 109 cm³/mol. The number of hydrogen-bond donors (Lipinski definition) is 1. The molecule has 0 bridgehead atoms. The van der Waals surface area contributed by atoms with Gasteiger partial charge in [0.25, 0.3) is 5.91 Å². The van der Waals surface area contributed by atoms with Crippen LogP contribution >= 0.6 is 46.6 Å². The molecule has 3 rings (SSSR count). The van der Waals surface area contributed by atoms with Crippen LogP contribution in [-0.4, -0.2) is 11.9 Å². The van der Waals surface area contributed by atoms with Crippen molar-refractivity contribution in [3.63, 3.8) is 0 Å². The summed E-state index contributed by atoms with van der Waals surface area (Å²) in [6.07, 6.45) is 0. The molecule has 0 saturated carbocycles. The van der Waals surface area contributed by atoms with Crippen molar-refractivity contribution in [2.45, 2.75) is 18.4 Å². The standard InChI is InChI=1S/C18H13Cl2NO4S2/c1-9(22)25-27-16-13-5-4-12(7-15(13)26-17(16)18(21)23)24-8-10-2-3-11(19)6-14(10)20/h2-7H,8H2,1H3,(H2,21,23). The van der Waals surface area contributed by atoms with Crippen LogP contribution in [0.15, 0.2) is 41.3 Å². The van der Waals surface area contributed by atoms with Crippen LogP contribution in [0.2, 0.25) is 10.0 Å². The summed E-state index contributed by atoms with van der Waals surface area (Å²) >= 11 is 14.1. The SMILES string of the molecule is CC(=O)OSc1c(C(N)=O)sc2cc(OCc3ccc(Cl)cc3Cl)ccc12. The van der Waals surface area contributed by atoms with E-state index in [2.05, 4.69) is 0 Å². The van der Waals surface area contributed by atoms with Crippen molar-refractivity contribution in [3.8, 4) is 5.75 Å². The van der Waals surface area contributed by atoms with Crippen LogP contribution in [0, 0.1) is 0 Å². The molecule has 1 aromatic heterocycles. The average Bonchev–Trinajstić information content (AvgIpc) is 2.97. The Kier molecular flexibility index (Phi) is 6.16. The van der Waals surface area contributed by atoms with Crippen molar-refractivity contribution in [2.24, 2.45) is 5.73 Å². The van der Waals surface area contributed by atoms with Crippen molar-refractivity contribution in [2.75, 3.05) is 0 Å². The van der Waals surface area contributed by atoms with Gasteiger partial charge in [-0.05, 0) is 30.3 Å². The molecule has 0 atom stereocenters. The number of nitrogens with two attached hydrogens (primary N) is 1. The zero-order valence-electron chi connectivity index (χ0n) is 14.0. The Labute approximate surface area is 173 Å². The molecule has 1 amide bonds. The fourth-order valence-corrected chi connectivity index (χ4v) is 4.67. The number of halogens is 2. The molecule has 0 spiro atoms. The molecule has 1 heterocycles. The van der Waals surface area contributed by atoms with E-state index in [9.17, 15) is 9.59 Å². The van der Waals surface area contributed by atoms with Gasteiger partial charge in [0.1, 0.15) is 17.2 Å². The molecule has 0 fully saturated rings. The summed E-state index contributed by atoms with van der Waals surface area (Å²) in [7, 11) is 0. The zero-order valence-corrected chi connectivity index (χ0v) is 17.1. The number of rotatable bonds is 6. The number of thiophene rings is 1. The summed E-state index contributed by atoms with van der Waals surface area (Å²) < 4.78 is 11.6. The quantitative estimate of drug-likeness (QED) is 0.513. The molecule has 5 nitrogen and oxygen atoms in total. The lowest BCUT2D eigenvalue weighted by atomic mass is 10.2. The second-order valence-corrected chi connectivity index (χ2v) is 8.10. The number of amides is 1. The number of hydrogen-bond acceptors (Lipinski definition) is 6. The molecule has 0 aliphatic heterocycles. The number of carbonyl (C=O) groups is 2. The molecule has 3 aromatic rings. The smallest absolute Gasteiger partial charge is 0.315 e. The Balaban J connectivity index is 1.86. The van der Waals surface area contributed by atoms with Crippen molar-refractivity contribution < 1.29 is 18.5 Å². The molecular formula is C18H13Cl2NO4S2. The van der Waals surface area contributed by atoms with E-state index in [0.29, 0.717) is 25.6 Å². The van der Waals surface area contributed by atoms with Gasteiger partial charge in [0.05, 0.1) is 16.9 Å². The summed E-state index contributed by atoms with van der Waals surface area (Å²) in [5.74, 6) is -0.439. The number of fused-ring (bicyclic) bond motifs is 1. The molecule has 0 unspecified atom stereocenters. The monoisotopic (exact) mass is 441 g/mol. The molecule has 0 aliphatic carbocycles. The summed E-state index contributed by atoms with van der Waals surface area (Å²) in [5.41, 5.74) is 6.25. The summed E-state index contributed by atoms with van der Waals surface area (Å²) in [6.45, 7) is 1.56. The third-order valence-electron chi connectivity index (χ3n) is 3.49. The maximum atomic E-state index is 11.7. The first-order chi connectivity index (χ1) is 12.8. The van der Waals surface area contributed by atoms with Gasteiger partial charge in [0, 0.05) is 32.6 Å². The first kappa shape index (κ1) is 19.8. The normalized spacial score (nSPS) is 10.8. The highest BCUT2D eigenvalue weighted by Crippen LogP contribution is 2.40. The number of primary amides is 1. The Morgan fingerprint density at radius 3 is 2.63 bits per heavy atom. The van der Waals surface area contributed by atoms with E-state index in [1.54, 1.807) is 36.4 Å². The Hall–Kier alpha value is -1.93. The molecule has 27 heavy (non-hydrogen) atoms. The van der Waals surface area contributed by atoms with Gasteiger partial charge < -0.3 is 14.7 Å². The lowest BCUT2D eigenvalue weighted by Crippen LogP contribution is -2.09. The van der Waals surface area contributed by atoms with Crippen LogP contribution in [0.25, 0.3) is 10.1 Å².